The van der Waals surface area contributed by atoms with E-state index in [1.807, 2.05) is 18.2 Å². The third-order valence-corrected chi connectivity index (χ3v) is 12.9. The molecule has 62 heavy (non-hydrogen) atoms. The molecule has 10 rings (SSSR count). The molecule has 2 saturated carbocycles. The van der Waals surface area contributed by atoms with Crippen LogP contribution in [0.1, 0.15) is 62.5 Å². The maximum absolute atomic E-state index is 12.6. The lowest BCUT2D eigenvalue weighted by Crippen LogP contribution is -2.40. The van der Waals surface area contributed by atoms with Crippen LogP contribution in [-0.4, -0.2) is 96.8 Å². The van der Waals surface area contributed by atoms with Crippen molar-refractivity contribution < 1.29 is 37.0 Å². The first-order chi connectivity index (χ1) is 29.8. The van der Waals surface area contributed by atoms with Gasteiger partial charge < -0.3 is 30.0 Å². The van der Waals surface area contributed by atoms with E-state index < -0.39 is 15.9 Å². The zero-order chi connectivity index (χ0) is 43.5. The number of benzene rings is 2. The van der Waals surface area contributed by atoms with Crippen LogP contribution in [0.2, 0.25) is 10.0 Å². The van der Waals surface area contributed by atoms with E-state index in [1.165, 1.54) is 11.1 Å². The van der Waals surface area contributed by atoms with Crippen LogP contribution in [0.3, 0.4) is 0 Å². The smallest absolute Gasteiger partial charge is 0.327 e. The van der Waals surface area contributed by atoms with Gasteiger partial charge >= 0.3 is 12.1 Å². The van der Waals surface area contributed by atoms with Gasteiger partial charge in [0.25, 0.3) is 0 Å². The molecule has 5 N–H and O–H groups in total. The van der Waals surface area contributed by atoms with Gasteiger partial charge in [-0.1, -0.05) is 47.5 Å². The van der Waals surface area contributed by atoms with Crippen molar-refractivity contribution in [1.82, 2.24) is 19.9 Å². The number of urea groups is 2. The number of para-hydroxylation sites is 2. The standard InChI is InChI=1S/C20H22ClN5O3.C13H11ClN4O3S.C8H15NO2/c21-15-3-1-2-4-16(15)26-12-13-11-22-18(24-17(13)25-19(26)27)23-14-5-7-20(8-6-14)28-9-10-29-20;1-22(20,21)12-15-6-8-7-18(13(19)17-11(8)16-12)10-5-3-2-4-9(10)14;9-7-1-3-8(4-2-7)10-5-6-11-8/h1-4,11,14H,5-10,12H2,(H2,22,23,24,25,27);2-6H,7H2,1H3,(H,15,16,17,19);7H,1-6,9H2. The lowest BCUT2D eigenvalue weighted by molar-refractivity contribution is -0.178. The van der Waals surface area contributed by atoms with Crippen molar-refractivity contribution in [1.29, 1.82) is 0 Å². The molecule has 0 atom stereocenters. The van der Waals surface area contributed by atoms with Crippen molar-refractivity contribution in [3.8, 4) is 0 Å². The summed E-state index contributed by atoms with van der Waals surface area (Å²) >= 11 is 12.4. The zero-order valence-electron chi connectivity index (χ0n) is 34.0. The normalized spacial score (nSPS) is 21.5. The number of nitrogens with zero attached hydrogens (tertiary/aromatic N) is 6. The number of carbonyl (C=O) groups excluding carboxylic acids is 2. The number of amides is 4. The molecule has 2 saturated heterocycles. The molecule has 2 aliphatic carbocycles. The van der Waals surface area contributed by atoms with Crippen molar-refractivity contribution in [3.63, 3.8) is 0 Å². The SMILES string of the molecule is CS(=O)(=O)c1ncc2c(n1)NC(=O)N(c1ccccc1Cl)C2.NC1CCC2(CC1)OCCO2.O=C1Nc2nc(NC3CCC4(CC3)OCCO4)ncc2CN1c1ccccc1Cl. The molecule has 4 aliphatic heterocycles. The Morgan fingerprint density at radius 1 is 0.710 bits per heavy atom. The number of hydrogen-bond donors (Lipinski definition) is 4. The molecule has 4 aromatic rings. The first-order valence-electron chi connectivity index (χ1n) is 20.4. The van der Waals surface area contributed by atoms with Crippen LogP contribution in [-0.2, 0) is 41.9 Å². The summed E-state index contributed by atoms with van der Waals surface area (Å²) in [6.07, 6.45) is 11.8. The Bertz CT molecular complexity index is 2380. The second-order valence-electron chi connectivity index (χ2n) is 15.8. The molecule has 4 fully saturated rings. The van der Waals surface area contributed by atoms with Crippen LogP contribution in [0, 0.1) is 0 Å². The van der Waals surface area contributed by atoms with E-state index in [0.29, 0.717) is 64.6 Å². The number of fused-ring (bicyclic) bond motifs is 2. The van der Waals surface area contributed by atoms with Gasteiger partial charge in [-0.2, -0.15) is 4.98 Å². The molecule has 0 radical (unpaired) electrons. The van der Waals surface area contributed by atoms with Crippen LogP contribution in [0.15, 0.2) is 66.1 Å². The first-order valence-corrected chi connectivity index (χ1v) is 23.1. The number of ether oxygens (including phenoxy) is 4. The topological polar surface area (TPSA) is 225 Å². The monoisotopic (exact) mass is 910 g/mol. The van der Waals surface area contributed by atoms with Crippen molar-refractivity contribution in [2.45, 2.75) is 93.3 Å². The highest BCUT2D eigenvalue weighted by atomic mass is 35.5. The van der Waals surface area contributed by atoms with E-state index in [1.54, 1.807) is 41.4 Å². The Hall–Kier alpha value is -4.73. The number of nitrogens with one attached hydrogen (secondary N) is 3. The molecule has 330 valence electrons. The number of hydrogen-bond acceptors (Lipinski definition) is 14. The molecule has 21 heteroatoms. The Labute approximate surface area is 369 Å². The van der Waals surface area contributed by atoms with Crippen molar-refractivity contribution in [2.24, 2.45) is 5.73 Å². The Balaban J connectivity index is 0.000000141. The number of rotatable bonds is 5. The summed E-state index contributed by atoms with van der Waals surface area (Å²) in [5.41, 5.74) is 8.43. The Morgan fingerprint density at radius 3 is 1.65 bits per heavy atom. The quantitative estimate of drug-likeness (QED) is 0.157. The summed E-state index contributed by atoms with van der Waals surface area (Å²) in [7, 11) is -3.53. The molecule has 2 aromatic heterocycles. The number of anilines is 5. The summed E-state index contributed by atoms with van der Waals surface area (Å²) in [6.45, 7) is 3.44. The molecule has 2 spiro atoms. The van der Waals surface area contributed by atoms with Gasteiger partial charge in [0.1, 0.15) is 11.6 Å². The molecule has 0 bridgehead atoms. The molecular weight excluding hydrogens is 863 g/mol. The molecule has 18 nitrogen and oxygen atoms in total. The first kappa shape index (κ1) is 43.9. The van der Waals surface area contributed by atoms with E-state index in [9.17, 15) is 18.0 Å². The van der Waals surface area contributed by atoms with E-state index >= 15 is 0 Å². The summed E-state index contributed by atoms with van der Waals surface area (Å²) in [5, 5.41) is 9.44. The van der Waals surface area contributed by atoms with Crippen molar-refractivity contribution in [3.05, 3.63) is 82.1 Å². The van der Waals surface area contributed by atoms with Gasteiger partial charge in [0.15, 0.2) is 11.6 Å². The van der Waals surface area contributed by atoms with Crippen molar-refractivity contribution in [2.75, 3.05) is 58.4 Å². The fraction of sp³-hybridized carbons (Fsp3) is 0.463. The number of aromatic nitrogens is 4. The largest absolute Gasteiger partial charge is 0.351 e. The third-order valence-electron chi connectivity index (χ3n) is 11.4. The van der Waals surface area contributed by atoms with Gasteiger partial charge in [-0.15, -0.1) is 0 Å². The number of nitrogens with two attached hydrogens (primary N) is 1. The predicted octanol–water partition coefficient (Wildman–Crippen LogP) is 6.50. The van der Waals surface area contributed by atoms with Crippen molar-refractivity contribution >= 4 is 74.1 Å². The number of halogens is 2. The molecule has 0 unspecified atom stereocenters. The van der Waals surface area contributed by atoms with E-state index in [-0.39, 0.29) is 41.2 Å². The lowest BCUT2D eigenvalue weighted by Gasteiger charge is -2.35. The van der Waals surface area contributed by atoms with Crippen LogP contribution in [0.25, 0.3) is 0 Å². The van der Waals surface area contributed by atoms with Gasteiger partial charge in [-0.05, 0) is 49.9 Å². The predicted molar refractivity (Wildman–Crippen MR) is 232 cm³/mol. The summed E-state index contributed by atoms with van der Waals surface area (Å²) in [4.78, 5) is 44.5. The van der Waals surface area contributed by atoms with Gasteiger partial charge in [0.2, 0.25) is 20.9 Å². The maximum atomic E-state index is 12.6. The second kappa shape index (κ2) is 18.5. The highest BCUT2D eigenvalue weighted by molar-refractivity contribution is 7.90. The molecule has 6 heterocycles. The van der Waals surface area contributed by atoms with Gasteiger partial charge in [-0.25, -0.2) is 33.0 Å². The van der Waals surface area contributed by atoms with E-state index in [2.05, 4.69) is 35.9 Å². The maximum Gasteiger partial charge on any atom is 0.327 e. The average Bonchev–Trinajstić information content (AvgIpc) is 3.93. The molecular formula is C41H48Cl2N10O8S. The summed E-state index contributed by atoms with van der Waals surface area (Å²) in [5.74, 6) is 0.639. The van der Waals surface area contributed by atoms with Gasteiger partial charge in [0, 0.05) is 67.5 Å². The molecule has 2 aromatic carbocycles. The fourth-order valence-corrected chi connectivity index (χ4v) is 9.06. The molecule has 4 amide bonds. The van der Waals surface area contributed by atoms with Crippen LogP contribution < -0.4 is 31.5 Å². The van der Waals surface area contributed by atoms with Crippen LogP contribution in [0.4, 0.5) is 38.5 Å². The fourth-order valence-electron chi connectivity index (χ4n) is 8.08. The minimum absolute atomic E-state index is 0.198. The second-order valence-corrected chi connectivity index (χ2v) is 18.5. The average molecular weight is 912 g/mol. The Morgan fingerprint density at radius 2 is 1.16 bits per heavy atom. The number of sulfone groups is 1. The highest BCUT2D eigenvalue weighted by Crippen LogP contribution is 2.38. The minimum atomic E-state index is -3.53. The lowest BCUT2D eigenvalue weighted by atomic mass is 9.90. The van der Waals surface area contributed by atoms with Crippen LogP contribution in [0.5, 0.6) is 0 Å². The van der Waals surface area contributed by atoms with E-state index in [0.717, 1.165) is 76.4 Å². The minimum Gasteiger partial charge on any atom is -0.351 e. The van der Waals surface area contributed by atoms with Gasteiger partial charge in [0.05, 0.1) is 60.9 Å². The van der Waals surface area contributed by atoms with Crippen LogP contribution >= 0.6 is 23.2 Å². The summed E-state index contributed by atoms with van der Waals surface area (Å²) in [6, 6.07) is 14.1. The van der Waals surface area contributed by atoms with Gasteiger partial charge in [-0.3, -0.25) is 20.4 Å². The Kier molecular flexibility index (Phi) is 13.1. The summed E-state index contributed by atoms with van der Waals surface area (Å²) < 4.78 is 45.6. The number of carbonyl (C=O) groups is 2. The third kappa shape index (κ3) is 10.0. The zero-order valence-corrected chi connectivity index (χ0v) is 36.3. The highest BCUT2D eigenvalue weighted by Gasteiger charge is 2.41. The molecule has 6 aliphatic rings. The van der Waals surface area contributed by atoms with E-state index in [4.69, 9.17) is 47.9 Å².